The van der Waals surface area contributed by atoms with E-state index in [0.717, 1.165) is 25.6 Å². The normalized spacial score (nSPS) is 17.1. The van der Waals surface area contributed by atoms with E-state index in [0.29, 0.717) is 18.3 Å². The molecule has 5 heteroatoms. The van der Waals surface area contributed by atoms with Crippen molar-refractivity contribution in [1.82, 2.24) is 0 Å². The Morgan fingerprint density at radius 1 is 0.829 bits per heavy atom. The van der Waals surface area contributed by atoms with E-state index in [1.807, 2.05) is 24.3 Å². The number of rotatable bonds is 6. The number of aliphatic hydroxyl groups excluding tert-OH is 2. The van der Waals surface area contributed by atoms with Gasteiger partial charge in [0.2, 0.25) is 0 Å². The summed E-state index contributed by atoms with van der Waals surface area (Å²) in [6.07, 6.45) is 2.82. The Labute approximate surface area is 216 Å². The van der Waals surface area contributed by atoms with E-state index < -0.39 is 26.6 Å². The van der Waals surface area contributed by atoms with Crippen molar-refractivity contribution >= 4 is 23.2 Å². The summed E-state index contributed by atoms with van der Waals surface area (Å²) >= 11 is -5.58. The molecule has 0 amide bonds. The van der Waals surface area contributed by atoms with Crippen molar-refractivity contribution in [3.63, 3.8) is 0 Å². The number of aliphatic hydroxyl groups is 2. The van der Waals surface area contributed by atoms with Gasteiger partial charge < -0.3 is 0 Å². The van der Waals surface area contributed by atoms with Crippen molar-refractivity contribution in [2.24, 2.45) is 0 Å². The first-order chi connectivity index (χ1) is 16.6. The summed E-state index contributed by atoms with van der Waals surface area (Å²) in [5.74, 6) is 0.712. The Kier molecular flexibility index (Phi) is 6.51. The molecule has 3 aromatic rings. The predicted molar refractivity (Wildman–Crippen MR) is 145 cm³/mol. The molecule has 5 rings (SSSR count). The molecule has 183 valence electrons. The van der Waals surface area contributed by atoms with Gasteiger partial charge in [-0.1, -0.05) is 0 Å². The van der Waals surface area contributed by atoms with E-state index in [9.17, 15) is 10.2 Å². The van der Waals surface area contributed by atoms with Crippen molar-refractivity contribution in [3.8, 4) is 11.1 Å². The minimum absolute atomic E-state index is 0.324. The standard InChI is InChI=1S/C15H19.C13H9.C2H5O2.2ClH.Hf/c1-10(2)12-8-9-13(11(3)4)15-7-5-6-14(12)15;1-3-7-12-10(5-1)9-11-6-2-4-8-13(11)12;3-1-2-4;;;/h6,8-11H,7H2,1-4H3;1-9H;1,3-4H,2H2;2*1H;/q;;;;;+2/p-2. The minimum atomic E-state index is -5.58. The van der Waals surface area contributed by atoms with Gasteiger partial charge in [-0.3, -0.25) is 0 Å². The van der Waals surface area contributed by atoms with Crippen molar-refractivity contribution in [1.29, 1.82) is 0 Å². The molecule has 1 unspecified atom stereocenters. The third-order valence-electron chi connectivity index (χ3n) is 8.12. The van der Waals surface area contributed by atoms with Crippen molar-refractivity contribution in [2.45, 2.75) is 53.5 Å². The first kappa shape index (κ1) is 25.4. The second kappa shape index (κ2) is 8.96. The third-order valence-corrected chi connectivity index (χ3v) is 36.4. The molecule has 35 heavy (non-hydrogen) atoms. The molecule has 0 saturated carbocycles. The molecule has 0 fully saturated rings. The number of benzene rings is 3. The quantitative estimate of drug-likeness (QED) is 0.261. The summed E-state index contributed by atoms with van der Waals surface area (Å²) in [5.41, 5.74) is 9.41. The summed E-state index contributed by atoms with van der Waals surface area (Å²) in [4.78, 5) is 0. The second-order valence-corrected chi connectivity index (χ2v) is 40.7. The summed E-state index contributed by atoms with van der Waals surface area (Å²) in [6.45, 7) is 8.38. The maximum absolute atomic E-state index is 11.6. The van der Waals surface area contributed by atoms with Crippen molar-refractivity contribution < 1.29 is 26.3 Å². The van der Waals surface area contributed by atoms with Crippen LogP contribution in [0.4, 0.5) is 0 Å². The van der Waals surface area contributed by atoms with Gasteiger partial charge in [-0.15, -0.1) is 0 Å². The van der Waals surface area contributed by atoms with Crippen LogP contribution in [-0.2, 0) is 22.6 Å². The van der Waals surface area contributed by atoms with Gasteiger partial charge in [-0.05, 0) is 0 Å². The Morgan fingerprint density at radius 2 is 1.34 bits per heavy atom. The fourth-order valence-electron chi connectivity index (χ4n) is 6.32. The molecular weight excluding hydrogens is 642 g/mol. The topological polar surface area (TPSA) is 40.5 Å². The fraction of sp³-hybridized carbons (Fsp3) is 0.333. The summed E-state index contributed by atoms with van der Waals surface area (Å²) in [7, 11) is 15.7. The zero-order valence-corrected chi connectivity index (χ0v) is 25.8. The number of allylic oxidation sites excluding steroid dienone is 1. The van der Waals surface area contributed by atoms with Crippen LogP contribution >= 0.6 is 17.2 Å². The van der Waals surface area contributed by atoms with Crippen molar-refractivity contribution in [3.05, 3.63) is 97.4 Å². The van der Waals surface area contributed by atoms with Gasteiger partial charge in [0, 0.05) is 0 Å². The molecule has 0 aliphatic heterocycles. The van der Waals surface area contributed by atoms with Crippen LogP contribution in [0.1, 0.15) is 76.6 Å². The molecule has 2 aliphatic carbocycles. The summed E-state index contributed by atoms with van der Waals surface area (Å²) in [5, 5.41) is 22.0. The zero-order valence-electron chi connectivity index (χ0n) is 20.7. The molecule has 2 N–H and O–H groups in total. The van der Waals surface area contributed by atoms with Gasteiger partial charge >= 0.3 is 218 Å². The summed E-state index contributed by atoms with van der Waals surface area (Å²) < 4.78 is -0.547. The molecule has 2 aliphatic rings. The van der Waals surface area contributed by atoms with Gasteiger partial charge in [0.05, 0.1) is 0 Å². The van der Waals surface area contributed by atoms with E-state index in [2.05, 4.69) is 70.2 Å². The summed E-state index contributed by atoms with van der Waals surface area (Å²) in [6, 6.07) is 21.0. The third kappa shape index (κ3) is 3.68. The number of halogens is 2. The van der Waals surface area contributed by atoms with E-state index in [1.54, 1.807) is 0 Å². The molecule has 3 aromatic carbocycles. The molecule has 0 heterocycles. The SMILES string of the molecule is CC(C)c1ccc(C(C)C)c2c1C=[C]([Hf]([Cl])([Cl])([CH](O)CO)[CH]1c3ccccc3-c3ccccc31)C2. The number of hydrogen-bond donors (Lipinski definition) is 2. The molecule has 1 atom stereocenters. The molecule has 0 aromatic heterocycles. The van der Waals surface area contributed by atoms with Crippen LogP contribution in [0.5, 0.6) is 0 Å². The van der Waals surface area contributed by atoms with Crippen molar-refractivity contribution in [2.75, 3.05) is 6.61 Å². The Bertz CT molecular complexity index is 1300. The van der Waals surface area contributed by atoms with Crippen LogP contribution in [0.25, 0.3) is 17.2 Å². The first-order valence-corrected chi connectivity index (χ1v) is 27.4. The average molecular weight is 675 g/mol. The average Bonchev–Trinajstić information content (AvgIpc) is 3.44. The van der Waals surface area contributed by atoms with Crippen LogP contribution in [0.3, 0.4) is 0 Å². The Balaban J connectivity index is 1.79. The van der Waals surface area contributed by atoms with Crippen LogP contribution in [0.2, 0.25) is 0 Å². The molecule has 2 nitrogen and oxygen atoms in total. The fourth-order valence-corrected chi connectivity index (χ4v) is 28.0. The van der Waals surface area contributed by atoms with Crippen LogP contribution < -0.4 is 0 Å². The van der Waals surface area contributed by atoms with E-state index in [-0.39, 0.29) is 3.67 Å². The Morgan fingerprint density at radius 3 is 1.86 bits per heavy atom. The molecule has 0 spiro atoms. The molecule has 0 saturated heterocycles. The maximum atomic E-state index is 11.6. The molecular formula is C30H33Cl2HfO2. The van der Waals surface area contributed by atoms with Crippen LogP contribution in [-0.4, -0.2) is 20.7 Å². The van der Waals surface area contributed by atoms with Crippen LogP contribution in [0.15, 0.2) is 64.0 Å². The number of fused-ring (bicyclic) bond motifs is 4. The zero-order chi connectivity index (χ0) is 25.1. The van der Waals surface area contributed by atoms with Gasteiger partial charge in [0.25, 0.3) is 0 Å². The van der Waals surface area contributed by atoms with E-state index >= 15 is 0 Å². The van der Waals surface area contributed by atoms with Gasteiger partial charge in [-0.2, -0.15) is 0 Å². The van der Waals surface area contributed by atoms with Gasteiger partial charge in [0.1, 0.15) is 0 Å². The Hall–Kier alpha value is -1.23. The van der Waals surface area contributed by atoms with E-state index in [1.165, 1.54) is 22.3 Å². The van der Waals surface area contributed by atoms with Crippen LogP contribution in [0, 0.1) is 0 Å². The predicted octanol–water partition coefficient (Wildman–Crippen LogP) is 7.91. The molecule has 0 bridgehead atoms. The van der Waals surface area contributed by atoms with E-state index in [4.69, 9.17) is 17.2 Å². The van der Waals surface area contributed by atoms with Gasteiger partial charge in [0.15, 0.2) is 0 Å². The van der Waals surface area contributed by atoms with Gasteiger partial charge in [-0.25, -0.2) is 0 Å². The first-order valence-electron chi connectivity index (χ1n) is 12.5. The second-order valence-electron chi connectivity index (χ2n) is 10.8. The monoisotopic (exact) mass is 675 g/mol. The molecule has 0 radical (unpaired) electrons. The number of hydrogen-bond acceptors (Lipinski definition) is 2.